The molecule has 29 heavy (non-hydrogen) atoms. The number of sulfonamides is 1. The first-order valence-corrected chi connectivity index (χ1v) is 12.3. The van der Waals surface area contributed by atoms with Crippen LogP contribution in [0.3, 0.4) is 0 Å². The van der Waals surface area contributed by atoms with Crippen molar-refractivity contribution in [3.05, 3.63) is 12.0 Å². The number of aryl methyl sites for hydroxylation is 2. The SMILES string of the molecule is Cc1nc(S(=O)(=O)N2CCC(C(=O)NC3CCN(S(=O)(=O)F)CC3)CC2)cn1C. The van der Waals surface area contributed by atoms with Crippen LogP contribution < -0.4 is 5.32 Å². The Hall–Kier alpha value is -1.57. The molecule has 2 fully saturated rings. The number of hydrogen-bond donors (Lipinski definition) is 1. The van der Waals surface area contributed by atoms with E-state index in [4.69, 9.17) is 0 Å². The van der Waals surface area contributed by atoms with Crippen molar-refractivity contribution < 1.29 is 25.5 Å². The largest absolute Gasteiger partial charge is 0.374 e. The Morgan fingerprint density at radius 2 is 1.62 bits per heavy atom. The molecular formula is C16H26FN5O5S2. The van der Waals surface area contributed by atoms with E-state index >= 15 is 0 Å². The van der Waals surface area contributed by atoms with Crippen LogP contribution in [0, 0.1) is 12.8 Å². The smallest absolute Gasteiger partial charge is 0.353 e. The van der Waals surface area contributed by atoms with E-state index in [-0.39, 0.29) is 49.1 Å². The first-order valence-electron chi connectivity index (χ1n) is 9.48. The molecule has 10 nitrogen and oxygen atoms in total. The van der Waals surface area contributed by atoms with E-state index in [2.05, 4.69) is 10.3 Å². The summed E-state index contributed by atoms with van der Waals surface area (Å²) in [6.07, 6.45) is 2.97. The number of piperidine rings is 2. The highest BCUT2D eigenvalue weighted by atomic mass is 32.3. The number of aromatic nitrogens is 2. The lowest BCUT2D eigenvalue weighted by Crippen LogP contribution is -2.49. The molecule has 164 valence electrons. The fraction of sp³-hybridized carbons (Fsp3) is 0.750. The van der Waals surface area contributed by atoms with Gasteiger partial charge in [0.25, 0.3) is 10.0 Å². The van der Waals surface area contributed by atoms with E-state index in [0.29, 0.717) is 31.5 Å². The molecule has 1 aromatic heterocycles. The normalized spacial score (nSPS) is 21.3. The molecule has 1 aromatic rings. The molecule has 0 aliphatic carbocycles. The molecule has 2 aliphatic rings. The van der Waals surface area contributed by atoms with Crippen molar-refractivity contribution in [2.45, 2.75) is 43.7 Å². The van der Waals surface area contributed by atoms with Gasteiger partial charge in [0.05, 0.1) is 0 Å². The maximum atomic E-state index is 13.0. The summed E-state index contributed by atoms with van der Waals surface area (Å²) in [5.74, 6) is 0.122. The third kappa shape index (κ3) is 4.95. The average molecular weight is 452 g/mol. The molecule has 0 saturated carbocycles. The minimum absolute atomic E-state index is 0.00924. The number of carbonyl (C=O) groups excluding carboxylic acids is 1. The molecule has 2 aliphatic heterocycles. The number of amides is 1. The molecule has 0 atom stereocenters. The van der Waals surface area contributed by atoms with Crippen LogP contribution in [0.15, 0.2) is 11.2 Å². The first kappa shape index (κ1) is 22.1. The quantitative estimate of drug-likeness (QED) is 0.625. The van der Waals surface area contributed by atoms with Gasteiger partial charge in [0.1, 0.15) is 5.82 Å². The Labute approximate surface area is 170 Å². The van der Waals surface area contributed by atoms with Gasteiger partial charge < -0.3 is 9.88 Å². The Morgan fingerprint density at radius 1 is 1.07 bits per heavy atom. The predicted octanol–water partition coefficient (Wildman–Crippen LogP) is -0.0759. The van der Waals surface area contributed by atoms with Crippen LogP contribution in [-0.2, 0) is 32.3 Å². The van der Waals surface area contributed by atoms with Gasteiger partial charge >= 0.3 is 10.4 Å². The Kier molecular flexibility index (Phi) is 6.32. The zero-order valence-corrected chi connectivity index (χ0v) is 18.0. The Bertz CT molecular complexity index is 942. The molecule has 1 amide bonds. The van der Waals surface area contributed by atoms with Gasteiger partial charge in [0.2, 0.25) is 5.91 Å². The van der Waals surface area contributed by atoms with Crippen molar-refractivity contribution in [3.63, 3.8) is 0 Å². The summed E-state index contributed by atoms with van der Waals surface area (Å²) in [7, 11) is -6.65. The highest BCUT2D eigenvalue weighted by Gasteiger charge is 2.35. The molecule has 0 spiro atoms. The van der Waals surface area contributed by atoms with Gasteiger partial charge in [0.15, 0.2) is 5.03 Å². The predicted molar refractivity (Wildman–Crippen MR) is 102 cm³/mol. The van der Waals surface area contributed by atoms with E-state index in [1.165, 1.54) is 10.5 Å². The van der Waals surface area contributed by atoms with E-state index in [0.717, 1.165) is 4.31 Å². The molecule has 0 radical (unpaired) electrons. The van der Waals surface area contributed by atoms with Crippen LogP contribution in [0.2, 0.25) is 0 Å². The van der Waals surface area contributed by atoms with Gasteiger partial charge in [-0.3, -0.25) is 4.79 Å². The maximum absolute atomic E-state index is 13.0. The minimum Gasteiger partial charge on any atom is -0.353 e. The van der Waals surface area contributed by atoms with Gasteiger partial charge in [-0.25, -0.2) is 13.4 Å². The third-order valence-corrected chi connectivity index (χ3v) is 8.38. The average Bonchev–Trinajstić information content (AvgIpc) is 3.01. The maximum Gasteiger partial charge on any atom is 0.374 e. The molecule has 0 unspecified atom stereocenters. The van der Waals surface area contributed by atoms with Crippen molar-refractivity contribution in [2.75, 3.05) is 26.2 Å². The summed E-state index contributed by atoms with van der Waals surface area (Å²) in [5, 5.41) is 2.90. The summed E-state index contributed by atoms with van der Waals surface area (Å²) in [5.41, 5.74) is 0. The lowest BCUT2D eigenvalue weighted by molar-refractivity contribution is -0.127. The monoisotopic (exact) mass is 451 g/mol. The van der Waals surface area contributed by atoms with E-state index in [1.807, 2.05) is 0 Å². The van der Waals surface area contributed by atoms with E-state index in [9.17, 15) is 25.5 Å². The summed E-state index contributed by atoms with van der Waals surface area (Å²) < 4.78 is 64.0. The van der Waals surface area contributed by atoms with Crippen molar-refractivity contribution >= 4 is 26.3 Å². The van der Waals surface area contributed by atoms with Gasteiger partial charge in [-0.05, 0) is 32.6 Å². The summed E-state index contributed by atoms with van der Waals surface area (Å²) in [4.78, 5) is 16.6. The lowest BCUT2D eigenvalue weighted by atomic mass is 9.96. The molecule has 3 rings (SSSR count). The molecule has 0 aromatic carbocycles. The summed E-state index contributed by atoms with van der Waals surface area (Å²) in [6.45, 7) is 2.25. The number of imidazole rings is 1. The van der Waals surface area contributed by atoms with Gasteiger partial charge in [0, 0.05) is 51.4 Å². The van der Waals surface area contributed by atoms with Gasteiger partial charge in [-0.1, -0.05) is 3.89 Å². The molecule has 2 saturated heterocycles. The standard InChI is InChI=1S/C16H26FN5O5S2/c1-12-18-15(11-20(12)2)28(24,25)21-7-3-13(4-8-21)16(23)19-14-5-9-22(10-6-14)29(17,26)27/h11,13-14H,3-10H2,1-2H3,(H,19,23). The third-order valence-electron chi connectivity index (χ3n) is 5.62. The molecule has 3 heterocycles. The molecular weight excluding hydrogens is 425 g/mol. The Balaban J connectivity index is 1.51. The Morgan fingerprint density at radius 3 is 2.10 bits per heavy atom. The van der Waals surface area contributed by atoms with Crippen molar-refractivity contribution in [1.29, 1.82) is 0 Å². The second-order valence-corrected chi connectivity index (χ2v) is 10.8. The highest BCUT2D eigenvalue weighted by Crippen LogP contribution is 2.24. The number of nitrogens with zero attached hydrogens (tertiary/aromatic N) is 4. The van der Waals surface area contributed by atoms with Crippen LogP contribution in [0.25, 0.3) is 0 Å². The fourth-order valence-corrected chi connectivity index (χ4v) is 5.82. The minimum atomic E-state index is -4.69. The van der Waals surface area contributed by atoms with Gasteiger partial charge in [-0.2, -0.15) is 17.0 Å². The summed E-state index contributed by atoms with van der Waals surface area (Å²) in [6, 6.07) is -0.209. The van der Waals surface area contributed by atoms with Crippen molar-refractivity contribution in [1.82, 2.24) is 23.5 Å². The second-order valence-electron chi connectivity index (χ2n) is 7.54. The number of hydrogen-bond acceptors (Lipinski definition) is 6. The second kappa shape index (κ2) is 8.28. The molecule has 0 bridgehead atoms. The van der Waals surface area contributed by atoms with Crippen LogP contribution in [0.5, 0.6) is 0 Å². The molecule has 13 heteroatoms. The van der Waals surface area contributed by atoms with Crippen LogP contribution in [-0.4, -0.2) is 73.1 Å². The van der Waals surface area contributed by atoms with E-state index in [1.54, 1.807) is 18.5 Å². The number of rotatable bonds is 5. The highest BCUT2D eigenvalue weighted by molar-refractivity contribution is 7.89. The van der Waals surface area contributed by atoms with E-state index < -0.39 is 20.4 Å². The number of nitrogens with one attached hydrogen (secondary N) is 1. The van der Waals surface area contributed by atoms with Crippen LogP contribution in [0.1, 0.15) is 31.5 Å². The van der Waals surface area contributed by atoms with Crippen molar-refractivity contribution in [2.24, 2.45) is 13.0 Å². The lowest BCUT2D eigenvalue weighted by Gasteiger charge is -2.33. The van der Waals surface area contributed by atoms with Crippen LogP contribution >= 0.6 is 0 Å². The van der Waals surface area contributed by atoms with Crippen molar-refractivity contribution in [3.8, 4) is 0 Å². The number of halogens is 1. The fourth-order valence-electron chi connectivity index (χ4n) is 3.68. The summed E-state index contributed by atoms with van der Waals surface area (Å²) >= 11 is 0. The van der Waals surface area contributed by atoms with Crippen LogP contribution in [0.4, 0.5) is 3.89 Å². The molecule has 1 N–H and O–H groups in total. The number of carbonyl (C=O) groups is 1. The zero-order chi connectivity index (χ0) is 21.4. The van der Waals surface area contributed by atoms with Gasteiger partial charge in [-0.15, -0.1) is 0 Å². The first-order chi connectivity index (χ1) is 13.5. The topological polar surface area (TPSA) is 122 Å². The zero-order valence-electron chi connectivity index (χ0n) is 16.4.